The number of hydrogen-bond acceptors (Lipinski definition) is 6. The molecule has 0 saturated heterocycles. The van der Waals surface area contributed by atoms with Gasteiger partial charge in [-0.1, -0.05) is 12.2 Å². The molecule has 0 saturated carbocycles. The van der Waals surface area contributed by atoms with Crippen molar-refractivity contribution in [3.63, 3.8) is 0 Å². The average molecular weight is 372 g/mol. The molecule has 8 nitrogen and oxygen atoms in total. The highest BCUT2D eigenvalue weighted by Gasteiger charge is 2.18. The Morgan fingerprint density at radius 3 is 2.54 bits per heavy atom. The fourth-order valence-electron chi connectivity index (χ4n) is 1.71. The van der Waals surface area contributed by atoms with E-state index in [0.717, 1.165) is 17.9 Å². The van der Waals surface area contributed by atoms with Gasteiger partial charge in [-0.05, 0) is 31.3 Å². The molecule has 3 N–H and O–H groups in total. The fraction of sp³-hybridized carbons (Fsp3) is 0.357. The minimum absolute atomic E-state index is 0.0944. The minimum Gasteiger partial charge on any atom is -0.378 e. The van der Waals surface area contributed by atoms with Gasteiger partial charge in [0.25, 0.3) is 5.69 Å². The average Bonchev–Trinajstić information content (AvgIpc) is 2.48. The van der Waals surface area contributed by atoms with Crippen LogP contribution >= 0.6 is 12.2 Å². The normalized spacial score (nSPS) is 10.8. The quantitative estimate of drug-likeness (QED) is 0.207. The summed E-state index contributed by atoms with van der Waals surface area (Å²) in [5, 5.41) is 20.4. The fourth-order valence-corrected chi connectivity index (χ4v) is 2.52. The molecule has 10 heteroatoms. The lowest BCUT2D eigenvalue weighted by Gasteiger charge is -2.12. The van der Waals surface area contributed by atoms with Crippen molar-refractivity contribution in [2.45, 2.75) is 11.8 Å². The Hall–Kier alpha value is -2.20. The van der Waals surface area contributed by atoms with E-state index in [1.807, 2.05) is 6.92 Å². The standard InChI is InChI=1S/C14H20N4O4S2/c1-10(2)9-17-14(23)16-7-6-15-12-5-4-11(24(3,21)22)8-13(12)18(19)20/h4-5,8,15H,1,6-7,9H2,2-3H3,(H2,16,17,23). The Bertz CT molecular complexity index is 747. The molecule has 0 unspecified atom stereocenters. The van der Waals surface area contributed by atoms with Crippen molar-refractivity contribution in [3.05, 3.63) is 40.5 Å². The molecular weight excluding hydrogens is 352 g/mol. The summed E-state index contributed by atoms with van der Waals surface area (Å²) in [6.07, 6.45) is 1.00. The highest BCUT2D eigenvalue weighted by molar-refractivity contribution is 7.90. The van der Waals surface area contributed by atoms with Crippen LogP contribution in [0.15, 0.2) is 35.2 Å². The number of benzene rings is 1. The van der Waals surface area contributed by atoms with Crippen LogP contribution in [-0.4, -0.2) is 44.3 Å². The number of nitro groups is 1. The van der Waals surface area contributed by atoms with Gasteiger partial charge >= 0.3 is 0 Å². The van der Waals surface area contributed by atoms with Crippen molar-refractivity contribution in [1.82, 2.24) is 10.6 Å². The van der Waals surface area contributed by atoms with Crippen molar-refractivity contribution in [3.8, 4) is 0 Å². The lowest BCUT2D eigenvalue weighted by atomic mass is 10.2. The van der Waals surface area contributed by atoms with Gasteiger partial charge in [-0.2, -0.15) is 0 Å². The zero-order valence-electron chi connectivity index (χ0n) is 13.5. The molecule has 0 aliphatic rings. The summed E-state index contributed by atoms with van der Waals surface area (Å²) in [6, 6.07) is 3.76. The molecule has 0 heterocycles. The molecule has 0 aromatic heterocycles. The van der Waals surface area contributed by atoms with Crippen LogP contribution in [0.2, 0.25) is 0 Å². The van der Waals surface area contributed by atoms with Crippen molar-refractivity contribution >= 4 is 38.5 Å². The van der Waals surface area contributed by atoms with Gasteiger partial charge in [0, 0.05) is 32.0 Å². The molecule has 0 bridgehead atoms. The van der Waals surface area contributed by atoms with Crippen LogP contribution in [0.4, 0.5) is 11.4 Å². The first-order chi connectivity index (χ1) is 11.1. The first kappa shape index (κ1) is 19.8. The number of nitrogens with one attached hydrogen (secondary N) is 3. The van der Waals surface area contributed by atoms with Gasteiger partial charge in [0.05, 0.1) is 9.82 Å². The van der Waals surface area contributed by atoms with E-state index < -0.39 is 14.8 Å². The molecule has 24 heavy (non-hydrogen) atoms. The Labute approximate surface area is 146 Å². The summed E-state index contributed by atoms with van der Waals surface area (Å²) >= 11 is 5.06. The van der Waals surface area contributed by atoms with Crippen molar-refractivity contribution in [1.29, 1.82) is 0 Å². The van der Waals surface area contributed by atoms with Crippen LogP contribution in [0.25, 0.3) is 0 Å². The van der Waals surface area contributed by atoms with E-state index in [2.05, 4.69) is 22.5 Å². The highest BCUT2D eigenvalue weighted by Crippen LogP contribution is 2.27. The lowest BCUT2D eigenvalue weighted by Crippen LogP contribution is -2.38. The number of rotatable bonds is 8. The monoisotopic (exact) mass is 372 g/mol. The number of nitrogens with zero attached hydrogens (tertiary/aromatic N) is 1. The second kappa shape index (κ2) is 8.60. The van der Waals surface area contributed by atoms with Gasteiger partial charge in [0.2, 0.25) is 0 Å². The molecule has 0 fully saturated rings. The maximum Gasteiger partial charge on any atom is 0.293 e. The van der Waals surface area contributed by atoms with Crippen LogP contribution < -0.4 is 16.0 Å². The zero-order chi connectivity index (χ0) is 18.3. The number of nitro benzene ring substituents is 1. The van der Waals surface area contributed by atoms with Crippen molar-refractivity contribution in [2.24, 2.45) is 0 Å². The number of sulfone groups is 1. The number of anilines is 1. The predicted octanol–water partition coefficient (Wildman–Crippen LogP) is 1.45. The van der Waals surface area contributed by atoms with E-state index in [-0.39, 0.29) is 16.3 Å². The van der Waals surface area contributed by atoms with E-state index in [1.165, 1.54) is 12.1 Å². The van der Waals surface area contributed by atoms with E-state index in [0.29, 0.717) is 24.7 Å². The van der Waals surface area contributed by atoms with Gasteiger partial charge in [0.1, 0.15) is 5.69 Å². The second-order valence-electron chi connectivity index (χ2n) is 5.20. The highest BCUT2D eigenvalue weighted by atomic mass is 32.2. The van der Waals surface area contributed by atoms with Gasteiger partial charge in [-0.3, -0.25) is 10.1 Å². The summed E-state index contributed by atoms with van der Waals surface area (Å²) in [5.74, 6) is 0. The molecule has 1 aromatic rings. The Morgan fingerprint density at radius 1 is 1.33 bits per heavy atom. The number of hydrogen-bond donors (Lipinski definition) is 3. The summed E-state index contributed by atoms with van der Waals surface area (Å²) in [7, 11) is -3.50. The van der Waals surface area contributed by atoms with Crippen LogP contribution in [-0.2, 0) is 9.84 Å². The van der Waals surface area contributed by atoms with Crippen LogP contribution in [0.5, 0.6) is 0 Å². The molecule has 0 amide bonds. The van der Waals surface area contributed by atoms with Crippen molar-refractivity contribution < 1.29 is 13.3 Å². The van der Waals surface area contributed by atoms with Gasteiger partial charge in [0.15, 0.2) is 14.9 Å². The summed E-state index contributed by atoms with van der Waals surface area (Å²) < 4.78 is 23.0. The SMILES string of the molecule is C=C(C)CNC(=S)NCCNc1ccc(S(C)(=O)=O)cc1[N+](=O)[O-]. The summed E-state index contributed by atoms with van der Waals surface area (Å²) in [4.78, 5) is 10.4. The topological polar surface area (TPSA) is 113 Å². The number of thiocarbonyl (C=S) groups is 1. The molecule has 1 rings (SSSR count). The Kier molecular flexibility index (Phi) is 7.11. The third kappa shape index (κ3) is 6.50. The van der Waals surface area contributed by atoms with E-state index in [4.69, 9.17) is 12.2 Å². The molecule has 0 aliphatic carbocycles. The van der Waals surface area contributed by atoms with Crippen LogP contribution in [0.3, 0.4) is 0 Å². The maximum absolute atomic E-state index is 11.5. The summed E-state index contributed by atoms with van der Waals surface area (Å²) in [5.41, 5.74) is 0.898. The summed E-state index contributed by atoms with van der Waals surface area (Å²) in [6.45, 7) is 6.99. The van der Waals surface area contributed by atoms with Crippen molar-refractivity contribution in [2.75, 3.05) is 31.2 Å². The van der Waals surface area contributed by atoms with Gasteiger partial charge in [-0.25, -0.2) is 8.42 Å². The minimum atomic E-state index is -3.50. The molecule has 0 aliphatic heterocycles. The molecular formula is C14H20N4O4S2. The smallest absolute Gasteiger partial charge is 0.293 e. The lowest BCUT2D eigenvalue weighted by molar-refractivity contribution is -0.384. The third-order valence-electron chi connectivity index (χ3n) is 2.87. The molecule has 0 radical (unpaired) electrons. The van der Waals surface area contributed by atoms with E-state index >= 15 is 0 Å². The van der Waals surface area contributed by atoms with Crippen LogP contribution in [0.1, 0.15) is 6.92 Å². The van der Waals surface area contributed by atoms with Gasteiger partial charge < -0.3 is 16.0 Å². The zero-order valence-corrected chi connectivity index (χ0v) is 15.1. The van der Waals surface area contributed by atoms with E-state index in [9.17, 15) is 18.5 Å². The third-order valence-corrected chi connectivity index (χ3v) is 4.27. The molecule has 0 spiro atoms. The van der Waals surface area contributed by atoms with E-state index in [1.54, 1.807) is 0 Å². The van der Waals surface area contributed by atoms with Crippen LogP contribution in [0, 0.1) is 10.1 Å². The van der Waals surface area contributed by atoms with Gasteiger partial charge in [-0.15, -0.1) is 0 Å². The Balaban J connectivity index is 2.64. The largest absolute Gasteiger partial charge is 0.378 e. The molecule has 1 aromatic carbocycles. The molecule has 0 atom stereocenters. The first-order valence-corrected chi connectivity index (χ1v) is 9.29. The second-order valence-corrected chi connectivity index (χ2v) is 7.63. The first-order valence-electron chi connectivity index (χ1n) is 6.99. The Morgan fingerprint density at radius 2 is 2.00 bits per heavy atom. The maximum atomic E-state index is 11.5. The predicted molar refractivity (Wildman–Crippen MR) is 98.1 cm³/mol. The molecule has 132 valence electrons.